The van der Waals surface area contributed by atoms with Crippen molar-refractivity contribution < 1.29 is 9.47 Å². The fourth-order valence-corrected chi connectivity index (χ4v) is 1.46. The van der Waals surface area contributed by atoms with Crippen molar-refractivity contribution in [1.82, 2.24) is 0 Å². The lowest BCUT2D eigenvalue weighted by molar-refractivity contribution is 0.340. The maximum atomic E-state index is 5.40. The van der Waals surface area contributed by atoms with E-state index < -0.39 is 0 Å². The van der Waals surface area contributed by atoms with Crippen molar-refractivity contribution in [2.75, 3.05) is 19.0 Å². The zero-order valence-electron chi connectivity index (χ0n) is 7.22. The second-order valence-corrected chi connectivity index (χ2v) is 3.98. The van der Waals surface area contributed by atoms with Crippen LogP contribution in [0.15, 0.2) is 22.7 Å². The van der Waals surface area contributed by atoms with Crippen LogP contribution >= 0.6 is 31.9 Å². The van der Waals surface area contributed by atoms with Crippen LogP contribution in [-0.2, 0) is 0 Å². The highest BCUT2D eigenvalue weighted by Gasteiger charge is 2.01. The number of halogens is 2. The average Bonchev–Trinajstić information content (AvgIpc) is 2.16. The molecule has 0 aromatic heterocycles. The molecule has 4 heteroatoms. The third-order valence-electron chi connectivity index (χ3n) is 1.47. The van der Waals surface area contributed by atoms with Gasteiger partial charge in [-0.15, -0.1) is 0 Å². The Bertz CT molecular complexity index is 276. The molecule has 72 valence electrons. The molecule has 0 aliphatic rings. The van der Waals surface area contributed by atoms with Crippen LogP contribution < -0.4 is 9.47 Å². The van der Waals surface area contributed by atoms with Gasteiger partial charge >= 0.3 is 0 Å². The number of methoxy groups -OCH3 is 1. The van der Waals surface area contributed by atoms with Gasteiger partial charge in [-0.2, -0.15) is 0 Å². The Morgan fingerprint density at radius 3 is 2.77 bits per heavy atom. The van der Waals surface area contributed by atoms with E-state index in [9.17, 15) is 0 Å². The SMILES string of the molecule is COc1cc(OCCBr)ccc1Br. The molecule has 2 nitrogen and oxygen atoms in total. The van der Waals surface area contributed by atoms with Gasteiger partial charge in [0.2, 0.25) is 0 Å². The maximum Gasteiger partial charge on any atom is 0.136 e. The Labute approximate surface area is 94.5 Å². The second kappa shape index (κ2) is 5.50. The van der Waals surface area contributed by atoms with Gasteiger partial charge in [0.25, 0.3) is 0 Å². The van der Waals surface area contributed by atoms with E-state index in [0.29, 0.717) is 6.61 Å². The van der Waals surface area contributed by atoms with Gasteiger partial charge in [-0.3, -0.25) is 0 Å². The minimum absolute atomic E-state index is 0.658. The third-order valence-corrected chi connectivity index (χ3v) is 2.45. The second-order valence-electron chi connectivity index (χ2n) is 2.33. The molecule has 0 saturated heterocycles. The minimum Gasteiger partial charge on any atom is -0.495 e. The van der Waals surface area contributed by atoms with Gasteiger partial charge in [-0.1, -0.05) is 15.9 Å². The molecule has 0 fully saturated rings. The van der Waals surface area contributed by atoms with Crippen molar-refractivity contribution in [1.29, 1.82) is 0 Å². The van der Waals surface area contributed by atoms with Crippen molar-refractivity contribution in [3.63, 3.8) is 0 Å². The summed E-state index contributed by atoms with van der Waals surface area (Å²) >= 11 is 6.66. The van der Waals surface area contributed by atoms with Gasteiger partial charge in [0.1, 0.15) is 11.5 Å². The largest absolute Gasteiger partial charge is 0.495 e. The first-order valence-electron chi connectivity index (χ1n) is 3.80. The van der Waals surface area contributed by atoms with Crippen LogP contribution in [0.25, 0.3) is 0 Å². The Hall–Kier alpha value is -0.220. The van der Waals surface area contributed by atoms with Crippen molar-refractivity contribution >= 4 is 31.9 Å². The van der Waals surface area contributed by atoms with Crippen LogP contribution in [0.3, 0.4) is 0 Å². The van der Waals surface area contributed by atoms with E-state index in [2.05, 4.69) is 31.9 Å². The van der Waals surface area contributed by atoms with Crippen LogP contribution in [0.1, 0.15) is 0 Å². The number of alkyl halides is 1. The van der Waals surface area contributed by atoms with E-state index in [1.165, 1.54) is 0 Å². The lowest BCUT2D eigenvalue weighted by atomic mass is 10.3. The van der Waals surface area contributed by atoms with Crippen LogP contribution in [0.2, 0.25) is 0 Å². The van der Waals surface area contributed by atoms with Crippen molar-refractivity contribution in [2.45, 2.75) is 0 Å². The van der Waals surface area contributed by atoms with E-state index in [0.717, 1.165) is 21.3 Å². The molecule has 1 aromatic carbocycles. The first-order valence-corrected chi connectivity index (χ1v) is 5.71. The Morgan fingerprint density at radius 1 is 1.38 bits per heavy atom. The van der Waals surface area contributed by atoms with Gasteiger partial charge in [0.15, 0.2) is 0 Å². The van der Waals surface area contributed by atoms with Gasteiger partial charge in [-0.25, -0.2) is 0 Å². The molecule has 13 heavy (non-hydrogen) atoms. The van der Waals surface area contributed by atoms with Crippen molar-refractivity contribution in [3.8, 4) is 11.5 Å². The number of hydrogen-bond donors (Lipinski definition) is 0. The summed E-state index contributed by atoms with van der Waals surface area (Å²) < 4.78 is 11.5. The van der Waals surface area contributed by atoms with Crippen LogP contribution in [-0.4, -0.2) is 19.0 Å². The predicted octanol–water partition coefficient (Wildman–Crippen LogP) is 3.23. The number of rotatable bonds is 4. The molecular formula is C9H10Br2O2. The number of benzene rings is 1. The number of hydrogen-bond acceptors (Lipinski definition) is 2. The summed E-state index contributed by atoms with van der Waals surface area (Å²) in [4.78, 5) is 0. The quantitative estimate of drug-likeness (QED) is 0.795. The summed E-state index contributed by atoms with van der Waals surface area (Å²) in [5.41, 5.74) is 0. The first-order chi connectivity index (χ1) is 6.27. The predicted molar refractivity (Wildman–Crippen MR) is 60.0 cm³/mol. The van der Waals surface area contributed by atoms with Crippen molar-refractivity contribution in [2.24, 2.45) is 0 Å². The zero-order chi connectivity index (χ0) is 9.68. The molecule has 0 aliphatic carbocycles. The molecular weight excluding hydrogens is 300 g/mol. The number of ether oxygens (including phenoxy) is 2. The van der Waals surface area contributed by atoms with Gasteiger partial charge < -0.3 is 9.47 Å². The molecule has 0 amide bonds. The third kappa shape index (κ3) is 3.19. The zero-order valence-corrected chi connectivity index (χ0v) is 10.4. The summed E-state index contributed by atoms with van der Waals surface area (Å²) in [6.07, 6.45) is 0. The first kappa shape index (κ1) is 10.9. The normalized spacial score (nSPS) is 9.77. The summed E-state index contributed by atoms with van der Waals surface area (Å²) in [5, 5.41) is 0.825. The summed E-state index contributed by atoms with van der Waals surface area (Å²) in [6.45, 7) is 0.658. The van der Waals surface area contributed by atoms with E-state index >= 15 is 0 Å². The Kier molecular flexibility index (Phi) is 4.59. The lowest BCUT2D eigenvalue weighted by Gasteiger charge is -2.07. The molecule has 0 spiro atoms. The lowest BCUT2D eigenvalue weighted by Crippen LogP contribution is -1.97. The molecule has 0 atom stereocenters. The van der Waals surface area contributed by atoms with Crippen LogP contribution in [0.4, 0.5) is 0 Å². The summed E-state index contributed by atoms with van der Waals surface area (Å²) in [5.74, 6) is 1.60. The smallest absolute Gasteiger partial charge is 0.136 e. The Morgan fingerprint density at radius 2 is 2.15 bits per heavy atom. The highest BCUT2D eigenvalue weighted by atomic mass is 79.9. The van der Waals surface area contributed by atoms with E-state index in [1.807, 2.05) is 18.2 Å². The molecule has 0 aliphatic heterocycles. The van der Waals surface area contributed by atoms with Crippen LogP contribution in [0.5, 0.6) is 11.5 Å². The minimum atomic E-state index is 0.658. The van der Waals surface area contributed by atoms with Crippen LogP contribution in [0, 0.1) is 0 Å². The molecule has 1 aromatic rings. The molecule has 0 saturated carbocycles. The van der Waals surface area contributed by atoms with Gasteiger partial charge in [-0.05, 0) is 28.1 Å². The highest BCUT2D eigenvalue weighted by molar-refractivity contribution is 9.10. The fraction of sp³-hybridized carbons (Fsp3) is 0.333. The highest BCUT2D eigenvalue weighted by Crippen LogP contribution is 2.28. The summed E-state index contributed by atoms with van der Waals surface area (Å²) in [7, 11) is 1.63. The molecule has 0 N–H and O–H groups in total. The molecule has 1 rings (SSSR count). The van der Waals surface area contributed by atoms with Crippen molar-refractivity contribution in [3.05, 3.63) is 22.7 Å². The van der Waals surface area contributed by atoms with E-state index in [4.69, 9.17) is 9.47 Å². The topological polar surface area (TPSA) is 18.5 Å². The van der Waals surface area contributed by atoms with E-state index in [1.54, 1.807) is 7.11 Å². The standard InChI is InChI=1S/C9H10Br2O2/c1-12-9-6-7(13-5-4-10)2-3-8(9)11/h2-3,6H,4-5H2,1H3. The molecule has 0 unspecified atom stereocenters. The molecule has 0 bridgehead atoms. The summed E-state index contributed by atoms with van der Waals surface area (Å²) in [6, 6.07) is 5.66. The average molecular weight is 310 g/mol. The Balaban J connectivity index is 2.74. The molecule has 0 radical (unpaired) electrons. The molecule has 0 heterocycles. The van der Waals surface area contributed by atoms with E-state index in [-0.39, 0.29) is 0 Å². The van der Waals surface area contributed by atoms with Gasteiger partial charge in [0.05, 0.1) is 18.2 Å². The monoisotopic (exact) mass is 308 g/mol. The van der Waals surface area contributed by atoms with Gasteiger partial charge in [0, 0.05) is 11.4 Å². The fourth-order valence-electron chi connectivity index (χ4n) is 0.886. The maximum absolute atomic E-state index is 5.40.